The van der Waals surface area contributed by atoms with Crippen LogP contribution >= 0.6 is 0 Å². The van der Waals surface area contributed by atoms with E-state index in [4.69, 9.17) is 9.47 Å². The fraction of sp³-hybridized carbons (Fsp3) is 0.400. The van der Waals surface area contributed by atoms with Crippen LogP contribution in [0.3, 0.4) is 0 Å². The summed E-state index contributed by atoms with van der Waals surface area (Å²) < 4.78 is 11.3. The normalized spacial score (nSPS) is 34.2. The van der Waals surface area contributed by atoms with Crippen LogP contribution < -0.4 is 9.64 Å². The molecule has 3 heterocycles. The Bertz CT molecular complexity index is 814. The van der Waals surface area contributed by atoms with Gasteiger partial charge in [0.25, 0.3) is 0 Å². The van der Waals surface area contributed by atoms with E-state index >= 15 is 0 Å². The number of rotatable bonds is 5. The Kier molecular flexibility index (Phi) is 3.70. The number of fused-ring (bicyclic) bond motifs is 1. The van der Waals surface area contributed by atoms with E-state index in [1.807, 2.05) is 25.1 Å². The largest absolute Gasteiger partial charge is 0.497 e. The third kappa shape index (κ3) is 2.15. The fourth-order valence-corrected chi connectivity index (χ4v) is 4.56. The summed E-state index contributed by atoms with van der Waals surface area (Å²) in [6.45, 7) is 5.90. The molecule has 0 saturated carbocycles. The lowest BCUT2D eigenvalue weighted by atomic mass is 9.74. The van der Waals surface area contributed by atoms with E-state index in [-0.39, 0.29) is 11.9 Å². The number of carbonyl (C=O) groups excluding carboxylic acids is 1. The Labute approximate surface area is 151 Å². The number of carbonyl (C=O) groups is 2. The molecule has 5 atom stereocenters. The molecule has 136 valence electrons. The number of hydrogen-bond acceptors (Lipinski definition) is 4. The maximum absolute atomic E-state index is 13.3. The van der Waals surface area contributed by atoms with E-state index in [0.717, 1.165) is 5.57 Å². The third-order valence-electron chi connectivity index (χ3n) is 5.60. The molecule has 2 bridgehead atoms. The summed E-state index contributed by atoms with van der Waals surface area (Å²) in [5.41, 5.74) is 0.704. The van der Waals surface area contributed by atoms with Crippen LogP contribution in [0, 0.1) is 11.8 Å². The molecule has 0 unspecified atom stereocenters. The molecule has 0 aliphatic carbocycles. The number of benzene rings is 1. The fourth-order valence-electron chi connectivity index (χ4n) is 4.56. The molecule has 2 saturated heterocycles. The van der Waals surface area contributed by atoms with Crippen molar-refractivity contribution < 1.29 is 24.2 Å². The Balaban J connectivity index is 1.81. The molecule has 26 heavy (non-hydrogen) atoms. The maximum atomic E-state index is 13.3. The van der Waals surface area contributed by atoms with Crippen LogP contribution in [-0.2, 0) is 14.3 Å². The lowest BCUT2D eigenvalue weighted by molar-refractivity contribution is -0.146. The van der Waals surface area contributed by atoms with Crippen molar-refractivity contribution in [1.82, 2.24) is 0 Å². The first-order chi connectivity index (χ1) is 12.4. The van der Waals surface area contributed by atoms with Crippen molar-refractivity contribution in [3.63, 3.8) is 0 Å². The molecule has 1 spiro atoms. The first-order valence-corrected chi connectivity index (χ1v) is 8.60. The van der Waals surface area contributed by atoms with Crippen LogP contribution in [0.4, 0.5) is 5.69 Å². The second-order valence-corrected chi connectivity index (χ2v) is 7.22. The molecule has 1 aromatic rings. The zero-order valence-corrected chi connectivity index (χ0v) is 14.7. The van der Waals surface area contributed by atoms with Crippen LogP contribution in [0.25, 0.3) is 0 Å². The molecule has 0 radical (unpaired) electrons. The summed E-state index contributed by atoms with van der Waals surface area (Å²) in [6, 6.07) is 6.87. The average Bonchev–Trinajstić information content (AvgIpc) is 3.24. The van der Waals surface area contributed by atoms with Crippen LogP contribution in [0.15, 0.2) is 48.6 Å². The van der Waals surface area contributed by atoms with Gasteiger partial charge in [0.05, 0.1) is 25.2 Å². The van der Waals surface area contributed by atoms with E-state index in [2.05, 4.69) is 6.58 Å². The monoisotopic (exact) mass is 355 g/mol. The standard InChI is InChI=1S/C20H21NO5/c1-11(2)10-15-20-9-8-14(26-20)16(19(23)24)17(20)18(22)21(15)12-4-6-13(25-3)7-5-12/h4-9,14-17H,1,10H2,2-3H3,(H,23,24)/t14-,15-,16+,17-,20-/m1/s1. The predicted molar refractivity (Wildman–Crippen MR) is 95.1 cm³/mol. The number of methoxy groups -OCH3 is 1. The van der Waals surface area contributed by atoms with Gasteiger partial charge in [0.15, 0.2) is 0 Å². The van der Waals surface area contributed by atoms with Crippen molar-refractivity contribution in [2.24, 2.45) is 11.8 Å². The number of aliphatic carboxylic acids is 1. The van der Waals surface area contributed by atoms with Gasteiger partial charge in [-0.1, -0.05) is 17.7 Å². The van der Waals surface area contributed by atoms with E-state index in [9.17, 15) is 14.7 Å². The number of hydrogen-bond donors (Lipinski definition) is 1. The van der Waals surface area contributed by atoms with Crippen molar-refractivity contribution in [2.45, 2.75) is 31.1 Å². The van der Waals surface area contributed by atoms with Gasteiger partial charge in [0.2, 0.25) is 5.91 Å². The lowest BCUT2D eigenvalue weighted by Gasteiger charge is -2.33. The first kappa shape index (κ1) is 16.8. The molecule has 1 amide bonds. The topological polar surface area (TPSA) is 76.1 Å². The highest BCUT2D eigenvalue weighted by Gasteiger charge is 2.71. The number of carboxylic acid groups (broad SMARTS) is 1. The quantitative estimate of drug-likeness (QED) is 0.821. The van der Waals surface area contributed by atoms with Gasteiger partial charge in [-0.25, -0.2) is 0 Å². The molecular formula is C20H21NO5. The zero-order chi connectivity index (χ0) is 18.6. The van der Waals surface area contributed by atoms with Crippen molar-refractivity contribution in [1.29, 1.82) is 0 Å². The van der Waals surface area contributed by atoms with Gasteiger partial charge < -0.3 is 19.5 Å². The Morgan fingerprint density at radius 1 is 1.38 bits per heavy atom. The van der Waals surface area contributed by atoms with Crippen LogP contribution in [0.2, 0.25) is 0 Å². The molecular weight excluding hydrogens is 334 g/mol. The molecule has 3 aliphatic heterocycles. The van der Waals surface area contributed by atoms with Crippen molar-refractivity contribution in [3.8, 4) is 5.75 Å². The molecule has 0 aromatic heterocycles. The average molecular weight is 355 g/mol. The molecule has 1 aromatic carbocycles. The van der Waals surface area contributed by atoms with Crippen LogP contribution in [0.1, 0.15) is 13.3 Å². The van der Waals surface area contributed by atoms with E-state index in [1.54, 1.807) is 30.2 Å². The van der Waals surface area contributed by atoms with Crippen molar-refractivity contribution in [2.75, 3.05) is 12.0 Å². The number of nitrogens with zero attached hydrogens (tertiary/aromatic N) is 1. The van der Waals surface area contributed by atoms with E-state index < -0.39 is 29.5 Å². The van der Waals surface area contributed by atoms with Crippen molar-refractivity contribution >= 4 is 17.6 Å². The Morgan fingerprint density at radius 2 is 2.08 bits per heavy atom. The zero-order valence-electron chi connectivity index (χ0n) is 14.7. The minimum atomic E-state index is -0.995. The van der Waals surface area contributed by atoms with Gasteiger partial charge in [-0.2, -0.15) is 0 Å². The number of ether oxygens (including phenoxy) is 2. The van der Waals surface area contributed by atoms with Gasteiger partial charge in [-0.15, -0.1) is 6.58 Å². The summed E-state index contributed by atoms with van der Waals surface area (Å²) in [7, 11) is 1.58. The highest BCUT2D eigenvalue weighted by Crippen LogP contribution is 2.56. The van der Waals surface area contributed by atoms with E-state index in [1.165, 1.54) is 0 Å². The molecule has 2 fully saturated rings. The second-order valence-electron chi connectivity index (χ2n) is 7.22. The summed E-state index contributed by atoms with van der Waals surface area (Å²) in [5, 5.41) is 9.67. The smallest absolute Gasteiger partial charge is 0.310 e. The van der Waals surface area contributed by atoms with Gasteiger partial charge in [0, 0.05) is 5.69 Å². The van der Waals surface area contributed by atoms with E-state index in [0.29, 0.717) is 17.9 Å². The van der Waals surface area contributed by atoms with Gasteiger partial charge in [0.1, 0.15) is 17.3 Å². The summed E-state index contributed by atoms with van der Waals surface area (Å²) >= 11 is 0. The molecule has 6 nitrogen and oxygen atoms in total. The van der Waals surface area contributed by atoms with Gasteiger partial charge >= 0.3 is 5.97 Å². The minimum Gasteiger partial charge on any atom is -0.497 e. The first-order valence-electron chi connectivity index (χ1n) is 8.60. The third-order valence-corrected chi connectivity index (χ3v) is 5.60. The number of carboxylic acids is 1. The summed E-state index contributed by atoms with van der Waals surface area (Å²) in [4.78, 5) is 26.8. The van der Waals surface area contributed by atoms with Gasteiger partial charge in [-0.05, 0) is 37.6 Å². The van der Waals surface area contributed by atoms with Crippen LogP contribution in [-0.4, -0.2) is 41.8 Å². The summed E-state index contributed by atoms with van der Waals surface area (Å²) in [5.74, 6) is -2.09. The lowest BCUT2D eigenvalue weighted by Crippen LogP contribution is -2.45. The highest BCUT2D eigenvalue weighted by atomic mass is 16.5. The summed E-state index contributed by atoms with van der Waals surface area (Å²) in [6.07, 6.45) is 3.66. The SMILES string of the molecule is C=C(C)C[C@H]1N(c2ccc(OC)cc2)C(=O)[C@H]2[C@@H](C(=O)O)[C@H]3C=C[C@]21O3. The number of anilines is 1. The Morgan fingerprint density at radius 3 is 2.65 bits per heavy atom. The predicted octanol–water partition coefficient (Wildman–Crippen LogP) is 2.40. The van der Waals surface area contributed by atoms with Gasteiger partial charge in [-0.3, -0.25) is 9.59 Å². The van der Waals surface area contributed by atoms with Crippen LogP contribution in [0.5, 0.6) is 5.75 Å². The molecule has 4 rings (SSSR count). The highest BCUT2D eigenvalue weighted by molar-refractivity contribution is 6.03. The second kappa shape index (κ2) is 5.71. The van der Waals surface area contributed by atoms with Crippen molar-refractivity contribution in [3.05, 3.63) is 48.6 Å². The maximum Gasteiger partial charge on any atom is 0.310 e. The molecule has 6 heteroatoms. The molecule has 3 aliphatic rings. The Hall–Kier alpha value is -2.60. The minimum absolute atomic E-state index is 0.208. The number of amides is 1. The molecule has 1 N–H and O–H groups in total.